The first-order valence-corrected chi connectivity index (χ1v) is 5.32. The van der Waals surface area contributed by atoms with Gasteiger partial charge >= 0.3 is 35.1 Å². The number of rotatable bonds is 5. The Hall–Kier alpha value is -0.800. The second-order valence-corrected chi connectivity index (χ2v) is 4.53. The van der Waals surface area contributed by atoms with E-state index in [9.17, 15) is 65.8 Å². The van der Waals surface area contributed by atoms with Crippen LogP contribution < -0.4 is 0 Å². The molecule has 0 saturated heterocycles. The molecule has 1 atom stereocenters. The van der Waals surface area contributed by atoms with Crippen LogP contribution in [0.15, 0.2) is 0 Å². The van der Waals surface area contributed by atoms with E-state index in [1.165, 1.54) is 0 Å². The topological polar surface area (TPSA) is 40.1 Å². The smallest absolute Gasteiger partial charge is 0.460 e. The van der Waals surface area contributed by atoms with Crippen LogP contribution in [0.3, 0.4) is 0 Å². The standard InChI is InChI=1S/C6HF13O2S/c7-1(8,3(11,12)5(15,16)17)2(9,10)4(13,14)6(18,19)22(20)21/h(H,20,21)/p-1. The summed E-state index contributed by atoms with van der Waals surface area (Å²) in [7, 11) is 0. The van der Waals surface area contributed by atoms with Crippen molar-refractivity contribution in [3.63, 3.8) is 0 Å². The summed E-state index contributed by atoms with van der Waals surface area (Å²) in [6.45, 7) is 0. The zero-order valence-electron chi connectivity index (χ0n) is 9.14. The Kier molecular flexibility index (Phi) is 4.92. The van der Waals surface area contributed by atoms with Crippen molar-refractivity contribution < 1.29 is 65.8 Å². The summed E-state index contributed by atoms with van der Waals surface area (Å²) in [4.78, 5) is 0. The summed E-state index contributed by atoms with van der Waals surface area (Å²) in [5.74, 6) is -31.8. The molecule has 0 aliphatic carbocycles. The van der Waals surface area contributed by atoms with Crippen LogP contribution in [-0.2, 0) is 11.1 Å². The highest BCUT2D eigenvalue weighted by molar-refractivity contribution is 7.80. The van der Waals surface area contributed by atoms with Gasteiger partial charge in [0.2, 0.25) is 0 Å². The lowest BCUT2D eigenvalue weighted by Gasteiger charge is -2.39. The fraction of sp³-hybridized carbons (Fsp3) is 1.00. The molecule has 0 bridgehead atoms. The largest absolute Gasteiger partial charge is 0.768 e. The van der Waals surface area contributed by atoms with Gasteiger partial charge in [-0.25, -0.2) is 0 Å². The Bertz CT molecular complexity index is 452. The molecule has 0 aromatic carbocycles. The molecule has 0 aliphatic rings. The Morgan fingerprint density at radius 1 is 0.545 bits per heavy atom. The van der Waals surface area contributed by atoms with Gasteiger partial charge in [-0.2, -0.15) is 57.1 Å². The van der Waals surface area contributed by atoms with E-state index in [0.717, 1.165) is 0 Å². The second kappa shape index (κ2) is 5.10. The van der Waals surface area contributed by atoms with E-state index in [0.29, 0.717) is 0 Å². The summed E-state index contributed by atoms with van der Waals surface area (Å²) < 4.78 is 179. The Labute approximate surface area is 113 Å². The molecule has 0 N–H and O–H groups in total. The van der Waals surface area contributed by atoms with Crippen molar-refractivity contribution in [2.24, 2.45) is 0 Å². The van der Waals surface area contributed by atoms with Gasteiger partial charge in [0.25, 0.3) is 0 Å². The molecule has 1 unspecified atom stereocenters. The molecule has 0 radical (unpaired) electrons. The first-order chi connectivity index (χ1) is 9.19. The average molecular weight is 383 g/mol. The number of hydrogen-bond acceptors (Lipinski definition) is 2. The highest BCUT2D eigenvalue weighted by Gasteiger charge is 2.91. The predicted molar refractivity (Wildman–Crippen MR) is 39.7 cm³/mol. The molecule has 0 amide bonds. The maximum atomic E-state index is 12.6. The van der Waals surface area contributed by atoms with Crippen molar-refractivity contribution in [1.29, 1.82) is 0 Å². The summed E-state index contributed by atoms with van der Waals surface area (Å²) in [6.07, 6.45) is -7.53. The third-order valence-corrected chi connectivity index (χ3v) is 2.79. The molecule has 0 aromatic heterocycles. The highest BCUT2D eigenvalue weighted by Crippen LogP contribution is 2.60. The van der Waals surface area contributed by atoms with E-state index in [4.69, 9.17) is 0 Å². The van der Waals surface area contributed by atoms with Gasteiger partial charge in [0, 0.05) is 11.1 Å². The average Bonchev–Trinajstić information content (AvgIpc) is 2.25. The van der Waals surface area contributed by atoms with Gasteiger partial charge in [-0.05, 0) is 0 Å². The van der Waals surface area contributed by atoms with Crippen LogP contribution in [0.5, 0.6) is 0 Å². The molecule has 0 aliphatic heterocycles. The lowest BCUT2D eigenvalue weighted by atomic mass is 9.98. The van der Waals surface area contributed by atoms with Crippen LogP contribution >= 0.6 is 0 Å². The first kappa shape index (κ1) is 21.2. The molecular weight excluding hydrogens is 383 g/mol. The summed E-state index contributed by atoms with van der Waals surface area (Å²) in [5.41, 5.74) is 0. The van der Waals surface area contributed by atoms with Gasteiger partial charge in [0.05, 0.1) is 0 Å². The predicted octanol–water partition coefficient (Wildman–Crippen LogP) is 3.56. The normalized spacial score (nSPS) is 17.5. The minimum atomic E-state index is -8.09. The summed E-state index contributed by atoms with van der Waals surface area (Å²) in [5, 5.41) is -7.07. The number of halogens is 13. The van der Waals surface area contributed by atoms with E-state index in [1.807, 2.05) is 0 Å². The maximum absolute atomic E-state index is 12.6. The summed E-state index contributed by atoms with van der Waals surface area (Å²) in [6, 6.07) is 0. The second-order valence-electron chi connectivity index (χ2n) is 3.55. The van der Waals surface area contributed by atoms with Crippen LogP contribution in [0.25, 0.3) is 0 Å². The van der Waals surface area contributed by atoms with Crippen molar-refractivity contribution in [1.82, 2.24) is 0 Å². The third kappa shape index (κ3) is 2.52. The Morgan fingerprint density at radius 2 is 0.818 bits per heavy atom. The van der Waals surface area contributed by atoms with Gasteiger partial charge in [0.1, 0.15) is 0 Å². The highest BCUT2D eigenvalue weighted by atomic mass is 32.2. The minimum Gasteiger partial charge on any atom is -0.768 e. The van der Waals surface area contributed by atoms with Crippen molar-refractivity contribution in [2.45, 2.75) is 35.1 Å². The van der Waals surface area contributed by atoms with Crippen LogP contribution in [0.1, 0.15) is 0 Å². The molecule has 2 nitrogen and oxygen atoms in total. The molecule has 0 aromatic rings. The monoisotopic (exact) mass is 383 g/mol. The first-order valence-electron chi connectivity index (χ1n) is 4.24. The maximum Gasteiger partial charge on any atom is 0.460 e. The zero-order chi connectivity index (χ0) is 18.6. The quantitative estimate of drug-likeness (QED) is 0.538. The molecule has 134 valence electrons. The van der Waals surface area contributed by atoms with Gasteiger partial charge < -0.3 is 4.55 Å². The van der Waals surface area contributed by atoms with Crippen molar-refractivity contribution >= 4 is 11.1 Å². The van der Waals surface area contributed by atoms with Crippen LogP contribution in [0.2, 0.25) is 0 Å². The molecule has 0 heterocycles. The van der Waals surface area contributed by atoms with E-state index in [2.05, 4.69) is 0 Å². The third-order valence-electron chi connectivity index (χ3n) is 2.11. The molecule has 0 rings (SSSR count). The van der Waals surface area contributed by atoms with Crippen molar-refractivity contribution in [3.05, 3.63) is 0 Å². The lowest BCUT2D eigenvalue weighted by molar-refractivity contribution is -0.433. The van der Waals surface area contributed by atoms with Gasteiger partial charge in [0.15, 0.2) is 0 Å². The van der Waals surface area contributed by atoms with E-state index >= 15 is 0 Å². The molecule has 22 heavy (non-hydrogen) atoms. The Morgan fingerprint density at radius 3 is 1.05 bits per heavy atom. The molecule has 0 saturated carbocycles. The molecule has 0 spiro atoms. The fourth-order valence-electron chi connectivity index (χ4n) is 0.860. The zero-order valence-corrected chi connectivity index (χ0v) is 9.95. The van der Waals surface area contributed by atoms with Gasteiger partial charge in [-0.15, -0.1) is 0 Å². The van der Waals surface area contributed by atoms with E-state index in [1.54, 1.807) is 0 Å². The van der Waals surface area contributed by atoms with E-state index < -0.39 is 46.2 Å². The number of hydrogen-bond donors (Lipinski definition) is 0. The number of alkyl halides is 13. The van der Waals surface area contributed by atoms with Crippen LogP contribution in [0.4, 0.5) is 57.1 Å². The lowest BCUT2D eigenvalue weighted by Crippen LogP contribution is -2.70. The SMILES string of the molecule is O=S([O-])C(F)(F)C(F)(F)C(F)(F)C(F)(F)C(F)(F)C(F)(F)F. The van der Waals surface area contributed by atoms with Crippen LogP contribution in [-0.4, -0.2) is 43.9 Å². The van der Waals surface area contributed by atoms with Gasteiger partial charge in [-0.1, -0.05) is 0 Å². The minimum absolute atomic E-state index is 5.55. The van der Waals surface area contributed by atoms with Gasteiger partial charge in [-0.3, -0.25) is 4.21 Å². The van der Waals surface area contributed by atoms with Crippen LogP contribution in [0, 0.1) is 0 Å². The van der Waals surface area contributed by atoms with Crippen molar-refractivity contribution in [2.75, 3.05) is 0 Å². The summed E-state index contributed by atoms with van der Waals surface area (Å²) >= 11 is -5.55. The fourth-order valence-corrected chi connectivity index (χ4v) is 1.20. The molecular formula is C6F13O2S-. The molecule has 0 fully saturated rings. The Balaban J connectivity index is 6.29. The van der Waals surface area contributed by atoms with E-state index in [-0.39, 0.29) is 0 Å². The molecule has 16 heteroatoms. The van der Waals surface area contributed by atoms with Crippen molar-refractivity contribution in [3.8, 4) is 0 Å².